The van der Waals surface area contributed by atoms with Crippen LogP contribution < -0.4 is 20.3 Å². The van der Waals surface area contributed by atoms with Gasteiger partial charge in [-0.05, 0) is 73.0 Å². The molecule has 0 fully saturated rings. The molecule has 0 aliphatic carbocycles. The van der Waals surface area contributed by atoms with Crippen LogP contribution in [0.3, 0.4) is 0 Å². The molecule has 2 aromatic carbocycles. The molecule has 8 nitrogen and oxygen atoms in total. The number of aryl methyl sites for hydroxylation is 2. The second kappa shape index (κ2) is 10.6. The first-order valence-electron chi connectivity index (χ1n) is 11.3. The molecular formula is C28H24N4O4. The van der Waals surface area contributed by atoms with E-state index in [4.69, 9.17) is 9.47 Å². The Morgan fingerprint density at radius 3 is 2.44 bits per heavy atom. The molecule has 180 valence electrons. The Morgan fingerprint density at radius 1 is 1.11 bits per heavy atom. The number of nitrogens with one attached hydrogen (secondary N) is 1. The lowest BCUT2D eigenvalue weighted by Gasteiger charge is -2.12. The van der Waals surface area contributed by atoms with E-state index in [0.717, 1.165) is 17.5 Å². The summed E-state index contributed by atoms with van der Waals surface area (Å²) >= 11 is 0. The van der Waals surface area contributed by atoms with E-state index in [1.54, 1.807) is 55.8 Å². The maximum absolute atomic E-state index is 13.4. The number of anilines is 1. The number of carbonyl (C=O) groups is 1. The maximum atomic E-state index is 13.4. The molecule has 2 heterocycles. The van der Waals surface area contributed by atoms with E-state index >= 15 is 0 Å². The minimum absolute atomic E-state index is 0.00328. The summed E-state index contributed by atoms with van der Waals surface area (Å²) in [5.74, 6) is 0.439. The number of benzene rings is 2. The van der Waals surface area contributed by atoms with Gasteiger partial charge in [-0.25, -0.2) is 0 Å². The van der Waals surface area contributed by atoms with Crippen molar-refractivity contribution in [2.24, 2.45) is 0 Å². The highest BCUT2D eigenvalue weighted by Crippen LogP contribution is 2.25. The van der Waals surface area contributed by atoms with Crippen LogP contribution >= 0.6 is 0 Å². The summed E-state index contributed by atoms with van der Waals surface area (Å²) in [7, 11) is 1.54. The molecule has 0 aliphatic heterocycles. The first kappa shape index (κ1) is 24.2. The van der Waals surface area contributed by atoms with Crippen molar-refractivity contribution in [3.63, 3.8) is 0 Å². The lowest BCUT2D eigenvalue weighted by atomic mass is 10.1. The van der Waals surface area contributed by atoms with Gasteiger partial charge in [0.25, 0.3) is 11.5 Å². The van der Waals surface area contributed by atoms with E-state index in [2.05, 4.69) is 10.3 Å². The molecule has 0 bridgehead atoms. The van der Waals surface area contributed by atoms with Gasteiger partial charge in [-0.2, -0.15) is 10.2 Å². The van der Waals surface area contributed by atoms with Crippen LogP contribution in [0.2, 0.25) is 0 Å². The quantitative estimate of drug-likeness (QED) is 0.298. The average Bonchev–Trinajstić information content (AvgIpc) is 2.90. The highest BCUT2D eigenvalue weighted by atomic mass is 16.5. The fourth-order valence-electron chi connectivity index (χ4n) is 3.56. The topological polar surface area (TPSA) is 106 Å². The monoisotopic (exact) mass is 480 g/mol. The van der Waals surface area contributed by atoms with Crippen molar-refractivity contribution in [3.05, 3.63) is 99.5 Å². The van der Waals surface area contributed by atoms with Crippen molar-refractivity contribution in [2.75, 3.05) is 12.4 Å². The Morgan fingerprint density at radius 2 is 1.81 bits per heavy atom. The number of nitrogens with zero attached hydrogens (tertiary/aromatic N) is 3. The van der Waals surface area contributed by atoms with Gasteiger partial charge >= 0.3 is 0 Å². The Hall–Kier alpha value is -4.90. The smallest absolute Gasteiger partial charge is 0.269 e. The average molecular weight is 481 g/mol. The van der Waals surface area contributed by atoms with E-state index in [1.165, 1.54) is 10.5 Å². The van der Waals surface area contributed by atoms with Crippen LogP contribution in [0.1, 0.15) is 23.6 Å². The molecule has 0 saturated carbocycles. The highest BCUT2D eigenvalue weighted by Gasteiger charge is 2.18. The zero-order valence-electron chi connectivity index (χ0n) is 20.1. The summed E-state index contributed by atoms with van der Waals surface area (Å²) in [6.45, 7) is 3.88. The Labute approximate surface area is 208 Å². The predicted molar refractivity (Wildman–Crippen MR) is 137 cm³/mol. The SMILES string of the molecule is CCc1ccc(Oc2nc3c(C)cccn3c(=O)c2C=C(C#N)C(=O)Nc2ccc(OC)cc2)cc1. The second-order valence-electron chi connectivity index (χ2n) is 7.97. The molecule has 0 atom stereocenters. The number of aromatic nitrogens is 2. The molecule has 1 N–H and O–H groups in total. The van der Waals surface area contributed by atoms with Gasteiger partial charge in [0.05, 0.1) is 7.11 Å². The number of rotatable bonds is 7. The van der Waals surface area contributed by atoms with Crippen LogP contribution in [0.4, 0.5) is 5.69 Å². The van der Waals surface area contributed by atoms with Crippen LogP contribution in [0.15, 0.2) is 77.2 Å². The Balaban J connectivity index is 1.78. The number of carbonyl (C=O) groups excluding carboxylic acids is 1. The molecule has 36 heavy (non-hydrogen) atoms. The van der Waals surface area contributed by atoms with Gasteiger partial charge in [0, 0.05) is 11.9 Å². The number of nitriles is 1. The molecule has 0 aliphatic rings. The van der Waals surface area contributed by atoms with Crippen LogP contribution in [0, 0.1) is 18.3 Å². The van der Waals surface area contributed by atoms with Gasteiger partial charge in [-0.1, -0.05) is 25.1 Å². The Bertz CT molecular complexity index is 1550. The summed E-state index contributed by atoms with van der Waals surface area (Å²) in [6, 6.07) is 19.5. The predicted octanol–water partition coefficient (Wildman–Crippen LogP) is 4.91. The lowest BCUT2D eigenvalue weighted by molar-refractivity contribution is -0.112. The minimum atomic E-state index is -0.672. The van der Waals surface area contributed by atoms with Gasteiger partial charge < -0.3 is 14.8 Å². The molecule has 1 amide bonds. The number of fused-ring (bicyclic) bond motifs is 1. The maximum Gasteiger partial charge on any atom is 0.269 e. The molecule has 8 heteroatoms. The summed E-state index contributed by atoms with van der Waals surface area (Å²) in [5.41, 5.74) is 2.04. The normalized spacial score (nSPS) is 11.1. The van der Waals surface area contributed by atoms with Crippen LogP contribution in [0.25, 0.3) is 11.7 Å². The van der Waals surface area contributed by atoms with E-state index in [9.17, 15) is 14.9 Å². The van der Waals surface area contributed by atoms with Gasteiger partial charge in [0.15, 0.2) is 0 Å². The molecule has 2 aromatic heterocycles. The van der Waals surface area contributed by atoms with E-state index < -0.39 is 11.5 Å². The number of pyridine rings is 1. The number of hydrogen-bond donors (Lipinski definition) is 1. The molecule has 0 radical (unpaired) electrons. The molecule has 0 saturated heterocycles. The van der Waals surface area contributed by atoms with Crippen molar-refractivity contribution in [3.8, 4) is 23.4 Å². The van der Waals surface area contributed by atoms with Crippen molar-refractivity contribution in [2.45, 2.75) is 20.3 Å². The summed E-state index contributed by atoms with van der Waals surface area (Å²) in [5, 5.41) is 12.4. The fourth-order valence-corrected chi connectivity index (χ4v) is 3.56. The second-order valence-corrected chi connectivity index (χ2v) is 7.97. The zero-order valence-corrected chi connectivity index (χ0v) is 20.1. The van der Waals surface area contributed by atoms with Gasteiger partial charge in [-0.3, -0.25) is 14.0 Å². The van der Waals surface area contributed by atoms with Crippen molar-refractivity contribution in [1.29, 1.82) is 5.26 Å². The van der Waals surface area contributed by atoms with Crippen molar-refractivity contribution in [1.82, 2.24) is 9.38 Å². The molecule has 4 aromatic rings. The largest absolute Gasteiger partial charge is 0.497 e. The third-order valence-electron chi connectivity index (χ3n) is 5.60. The molecule has 0 unspecified atom stereocenters. The van der Waals surface area contributed by atoms with Gasteiger partial charge in [0.2, 0.25) is 5.88 Å². The van der Waals surface area contributed by atoms with E-state index in [0.29, 0.717) is 22.8 Å². The summed E-state index contributed by atoms with van der Waals surface area (Å²) in [6.07, 6.45) is 3.66. The van der Waals surface area contributed by atoms with Gasteiger partial charge in [-0.15, -0.1) is 0 Å². The molecular weight excluding hydrogens is 456 g/mol. The van der Waals surface area contributed by atoms with Crippen molar-refractivity contribution < 1.29 is 14.3 Å². The van der Waals surface area contributed by atoms with E-state index in [1.807, 2.05) is 38.1 Å². The van der Waals surface area contributed by atoms with Crippen LogP contribution in [-0.4, -0.2) is 22.4 Å². The first-order chi connectivity index (χ1) is 17.4. The molecule has 0 spiro atoms. The van der Waals surface area contributed by atoms with Crippen LogP contribution in [0.5, 0.6) is 17.4 Å². The highest BCUT2D eigenvalue weighted by molar-refractivity contribution is 6.09. The zero-order chi connectivity index (χ0) is 25.7. The third kappa shape index (κ3) is 5.10. The first-order valence-corrected chi connectivity index (χ1v) is 11.3. The van der Waals surface area contributed by atoms with E-state index in [-0.39, 0.29) is 17.0 Å². The molecule has 4 rings (SSSR count). The van der Waals surface area contributed by atoms with Gasteiger partial charge in [0.1, 0.15) is 34.4 Å². The van der Waals surface area contributed by atoms with Crippen LogP contribution in [-0.2, 0) is 11.2 Å². The fraction of sp³-hybridized carbons (Fsp3) is 0.143. The lowest BCUT2D eigenvalue weighted by Crippen LogP contribution is -2.20. The number of ether oxygens (including phenoxy) is 2. The third-order valence-corrected chi connectivity index (χ3v) is 5.60. The minimum Gasteiger partial charge on any atom is -0.497 e. The number of hydrogen-bond acceptors (Lipinski definition) is 6. The number of methoxy groups -OCH3 is 1. The summed E-state index contributed by atoms with van der Waals surface area (Å²) < 4.78 is 12.5. The number of amides is 1. The van der Waals surface area contributed by atoms with Crippen molar-refractivity contribution >= 4 is 23.3 Å². The summed E-state index contributed by atoms with van der Waals surface area (Å²) in [4.78, 5) is 30.9. The Kier molecular flexibility index (Phi) is 7.12. The standard InChI is InChI=1S/C28H24N4O4/c1-4-19-7-11-23(12-8-19)36-27-24(28(34)32-15-5-6-18(2)25(32)31-27)16-20(17-29)26(33)30-21-9-13-22(35-3)14-10-21/h5-16H,4H2,1-3H3,(H,30,33).